The first-order valence-corrected chi connectivity index (χ1v) is 16.9. The van der Waals surface area contributed by atoms with Crippen molar-refractivity contribution in [3.63, 3.8) is 0 Å². The lowest BCUT2D eigenvalue weighted by Gasteiger charge is -2.51. The molecular formula is C36H48ClF2N5O5. The molecule has 1 amide bonds. The Morgan fingerprint density at radius 2 is 1.76 bits per heavy atom. The molecule has 2 aliphatic rings. The van der Waals surface area contributed by atoms with Crippen LogP contribution in [0, 0.1) is 17.6 Å². The molecule has 3 N–H and O–H groups in total. The van der Waals surface area contributed by atoms with Crippen LogP contribution in [0.25, 0.3) is 10.9 Å². The number of piperazine rings is 1. The third-order valence-corrected chi connectivity index (χ3v) is 9.72. The van der Waals surface area contributed by atoms with E-state index in [1.807, 2.05) is 35.2 Å². The number of nitrogens with one attached hydrogen (secondary N) is 3. The molecule has 2 heterocycles. The second-order valence-electron chi connectivity index (χ2n) is 12.7. The van der Waals surface area contributed by atoms with Gasteiger partial charge in [0.15, 0.2) is 29.4 Å². The lowest BCUT2D eigenvalue weighted by Crippen LogP contribution is -2.74. The van der Waals surface area contributed by atoms with Gasteiger partial charge in [0.25, 0.3) is 0 Å². The molecule has 1 saturated heterocycles. The number of nitrogens with zero attached hydrogens (tertiary/aromatic N) is 2. The molecule has 2 fully saturated rings. The van der Waals surface area contributed by atoms with Crippen LogP contribution >= 0.6 is 12.4 Å². The number of aromatic nitrogens is 1. The van der Waals surface area contributed by atoms with Gasteiger partial charge in [0.1, 0.15) is 0 Å². The summed E-state index contributed by atoms with van der Waals surface area (Å²) in [6.07, 6.45) is 5.18. The van der Waals surface area contributed by atoms with Crippen molar-refractivity contribution in [1.82, 2.24) is 25.4 Å². The first-order valence-electron chi connectivity index (χ1n) is 16.9. The molecule has 49 heavy (non-hydrogen) atoms. The van der Waals surface area contributed by atoms with E-state index < -0.39 is 29.4 Å². The number of aldehydes is 1. The summed E-state index contributed by atoms with van der Waals surface area (Å²) in [5, 5.41) is 9.68. The molecule has 2 aromatic carbocycles. The van der Waals surface area contributed by atoms with Gasteiger partial charge in [-0.25, -0.2) is 8.78 Å². The summed E-state index contributed by atoms with van der Waals surface area (Å²) in [7, 11) is 1.68. The van der Waals surface area contributed by atoms with E-state index in [1.54, 1.807) is 24.6 Å². The number of carbonyl (C=O) groups is 3. The van der Waals surface area contributed by atoms with Crippen LogP contribution in [0.3, 0.4) is 0 Å². The van der Waals surface area contributed by atoms with E-state index in [9.17, 15) is 23.2 Å². The lowest BCUT2D eigenvalue weighted by atomic mass is 9.78. The maximum absolute atomic E-state index is 14.6. The monoisotopic (exact) mass is 703 g/mol. The second-order valence-corrected chi connectivity index (χ2v) is 12.7. The topological polar surface area (TPSA) is 114 Å². The minimum absolute atomic E-state index is 0. The van der Waals surface area contributed by atoms with Gasteiger partial charge in [0.05, 0.1) is 49.7 Å². The number of ketones is 1. The predicted octanol–water partition coefficient (Wildman–Crippen LogP) is 4.23. The fourth-order valence-corrected chi connectivity index (χ4v) is 6.97. The zero-order valence-electron chi connectivity index (χ0n) is 28.2. The SMILES string of the molecule is CNC(C)C(=O)NC(C=O)(C1CCCCC1)N1CCNCC1C(=O)c1cc2cc(F)c(F)cc2n1CCOCCOCc1ccccc1.Cl. The first kappa shape index (κ1) is 38.5. The largest absolute Gasteiger partial charge is 0.377 e. The van der Waals surface area contributed by atoms with Gasteiger partial charge in [-0.2, -0.15) is 0 Å². The maximum Gasteiger partial charge on any atom is 0.238 e. The summed E-state index contributed by atoms with van der Waals surface area (Å²) in [6, 6.07) is 12.2. The standard InChI is InChI=1S/C36H47F2N5O5.ClH/c1-25(39-2)35(46)41-36(24-44,28-11-7-4-8-12-28)43-14-13-40-22-33(43)34(45)32-20-27-19-29(37)30(38)21-31(27)42(32)15-16-47-17-18-48-23-26-9-5-3-6-10-26;/h3,5-6,9-10,19-21,24-25,28,33,39-40H,4,7-8,11-18,22-23H2,1-2H3,(H,41,46);1H. The molecule has 1 aliphatic heterocycles. The molecule has 0 spiro atoms. The van der Waals surface area contributed by atoms with Crippen molar-refractivity contribution in [2.75, 3.05) is 46.5 Å². The number of ether oxygens (including phenoxy) is 2. The molecule has 0 bridgehead atoms. The number of likely N-dealkylation sites (N-methyl/N-ethyl adjacent to an activating group) is 1. The van der Waals surface area contributed by atoms with E-state index in [1.165, 1.54) is 0 Å². The van der Waals surface area contributed by atoms with Crippen molar-refractivity contribution >= 4 is 41.3 Å². The van der Waals surface area contributed by atoms with Gasteiger partial charge in [0.2, 0.25) is 5.91 Å². The number of amides is 1. The van der Waals surface area contributed by atoms with Crippen molar-refractivity contribution < 1.29 is 32.6 Å². The Labute approximate surface area is 292 Å². The highest BCUT2D eigenvalue weighted by atomic mass is 35.5. The fraction of sp³-hybridized carbons (Fsp3) is 0.528. The number of halogens is 3. The Morgan fingerprint density at radius 3 is 2.47 bits per heavy atom. The molecule has 1 saturated carbocycles. The Hall–Kier alpha value is -3.26. The fourth-order valence-electron chi connectivity index (χ4n) is 6.97. The van der Waals surface area contributed by atoms with E-state index in [0.29, 0.717) is 43.8 Å². The van der Waals surface area contributed by atoms with E-state index in [0.717, 1.165) is 56.1 Å². The molecule has 268 valence electrons. The minimum atomic E-state index is -1.40. The van der Waals surface area contributed by atoms with Crippen LogP contribution in [0.1, 0.15) is 55.1 Å². The highest BCUT2D eigenvalue weighted by molar-refractivity contribution is 6.03. The predicted molar refractivity (Wildman–Crippen MR) is 186 cm³/mol. The number of hydrogen-bond donors (Lipinski definition) is 3. The number of fused-ring (bicyclic) bond motifs is 1. The van der Waals surface area contributed by atoms with Gasteiger partial charge in [-0.05, 0) is 44.5 Å². The summed E-state index contributed by atoms with van der Waals surface area (Å²) in [6.45, 7) is 4.35. The number of benzene rings is 2. The quantitative estimate of drug-likeness (QED) is 0.116. The van der Waals surface area contributed by atoms with Gasteiger partial charge < -0.3 is 30.0 Å². The molecule has 1 aromatic heterocycles. The number of rotatable bonds is 16. The Kier molecular flexibility index (Phi) is 14.2. The van der Waals surface area contributed by atoms with Gasteiger partial charge in [-0.15, -0.1) is 12.4 Å². The van der Waals surface area contributed by atoms with Gasteiger partial charge in [-0.3, -0.25) is 19.3 Å². The van der Waals surface area contributed by atoms with Crippen LogP contribution in [0.15, 0.2) is 48.5 Å². The molecule has 3 atom stereocenters. The van der Waals surface area contributed by atoms with Crippen LogP contribution < -0.4 is 16.0 Å². The molecular weight excluding hydrogens is 656 g/mol. The van der Waals surface area contributed by atoms with E-state index in [4.69, 9.17) is 9.47 Å². The molecule has 1 aliphatic carbocycles. The molecule has 0 radical (unpaired) electrons. The van der Waals surface area contributed by atoms with Gasteiger partial charge in [-0.1, -0.05) is 49.6 Å². The minimum Gasteiger partial charge on any atom is -0.377 e. The average molecular weight is 704 g/mol. The van der Waals surface area contributed by atoms with Crippen LogP contribution in [0.2, 0.25) is 0 Å². The molecule has 5 rings (SSSR count). The number of hydrogen-bond acceptors (Lipinski definition) is 8. The molecule has 3 unspecified atom stereocenters. The third-order valence-electron chi connectivity index (χ3n) is 9.72. The summed E-state index contributed by atoms with van der Waals surface area (Å²) >= 11 is 0. The maximum atomic E-state index is 14.6. The van der Waals surface area contributed by atoms with E-state index in [2.05, 4.69) is 16.0 Å². The van der Waals surface area contributed by atoms with Crippen LogP contribution in [0.5, 0.6) is 0 Å². The third kappa shape index (κ3) is 8.92. The molecule has 3 aromatic rings. The second kappa shape index (κ2) is 18.1. The van der Waals surface area contributed by atoms with Crippen molar-refractivity contribution in [3.8, 4) is 0 Å². The normalized spacial score (nSPS) is 19.1. The lowest BCUT2D eigenvalue weighted by molar-refractivity contribution is -0.141. The Balaban J connectivity index is 0.00000541. The van der Waals surface area contributed by atoms with Crippen LogP contribution in [-0.4, -0.2) is 91.7 Å². The average Bonchev–Trinajstić information content (AvgIpc) is 3.46. The summed E-state index contributed by atoms with van der Waals surface area (Å²) in [4.78, 5) is 43.1. The van der Waals surface area contributed by atoms with E-state index >= 15 is 0 Å². The van der Waals surface area contributed by atoms with Crippen molar-refractivity contribution in [3.05, 3.63) is 71.4 Å². The van der Waals surface area contributed by atoms with Crippen molar-refractivity contribution in [2.45, 2.75) is 69.9 Å². The first-order chi connectivity index (χ1) is 23.3. The number of carbonyl (C=O) groups excluding carboxylic acids is 3. The zero-order valence-corrected chi connectivity index (χ0v) is 29.0. The van der Waals surface area contributed by atoms with Crippen LogP contribution in [-0.2, 0) is 32.2 Å². The summed E-state index contributed by atoms with van der Waals surface area (Å²) in [5.41, 5.74) is 0.263. The van der Waals surface area contributed by atoms with Gasteiger partial charge in [0, 0.05) is 43.5 Å². The smallest absolute Gasteiger partial charge is 0.238 e. The van der Waals surface area contributed by atoms with Crippen LogP contribution in [0.4, 0.5) is 8.78 Å². The summed E-state index contributed by atoms with van der Waals surface area (Å²) < 4.78 is 42.1. The van der Waals surface area contributed by atoms with E-state index in [-0.39, 0.29) is 55.4 Å². The highest BCUT2D eigenvalue weighted by Crippen LogP contribution is 2.36. The van der Waals surface area contributed by atoms with Crippen molar-refractivity contribution in [2.24, 2.45) is 5.92 Å². The Morgan fingerprint density at radius 1 is 1.04 bits per heavy atom. The number of Topliss-reactive ketones (excluding diaryl/α,β-unsaturated/α-hetero) is 1. The highest BCUT2D eigenvalue weighted by Gasteiger charge is 2.51. The Bertz CT molecular complexity index is 1550. The van der Waals surface area contributed by atoms with Crippen molar-refractivity contribution in [1.29, 1.82) is 0 Å². The van der Waals surface area contributed by atoms with Gasteiger partial charge >= 0.3 is 0 Å². The molecule has 13 heteroatoms. The molecule has 10 nitrogen and oxygen atoms in total. The summed E-state index contributed by atoms with van der Waals surface area (Å²) in [5.74, 6) is -2.86. The zero-order chi connectivity index (χ0) is 34.1.